The van der Waals surface area contributed by atoms with Gasteiger partial charge in [0.25, 0.3) is 47.2 Å². The molecule has 28 nitrogen and oxygen atoms in total. The number of methoxy groups -OCH3 is 1. The van der Waals surface area contributed by atoms with Crippen molar-refractivity contribution in [1.29, 1.82) is 0 Å². The zero-order chi connectivity index (χ0) is 51.6. The van der Waals surface area contributed by atoms with Gasteiger partial charge in [0.1, 0.15) is 52.1 Å². The first-order chi connectivity index (χ1) is 33.2. The quantitative estimate of drug-likeness (QED) is 0.0171. The van der Waals surface area contributed by atoms with Gasteiger partial charge in [0.05, 0.1) is 24.2 Å². The minimum atomic E-state index is -5.75. The summed E-state index contributed by atoms with van der Waals surface area (Å²) in [5, 5.41) is 7.60. The van der Waals surface area contributed by atoms with Crippen molar-refractivity contribution in [3.8, 4) is 63.0 Å². The minimum absolute atomic E-state index is 0. The van der Waals surface area contributed by atoms with Crippen LogP contribution < -0.4 is 160 Å². The molecule has 7 rings (SSSR count). The number of carbonyl (C=O) groups is 1. The van der Waals surface area contributed by atoms with Crippen molar-refractivity contribution in [2.24, 2.45) is 0 Å². The summed E-state index contributed by atoms with van der Waals surface area (Å²) >= 11 is 0. The smallest absolute Gasteiger partial charge is 0.716 e. The van der Waals surface area contributed by atoms with Gasteiger partial charge in [-0.1, -0.05) is 17.3 Å². The summed E-state index contributed by atoms with van der Waals surface area (Å²) in [7, 11) is -20.9. The van der Waals surface area contributed by atoms with Crippen molar-refractivity contribution in [3.05, 3.63) is 105 Å². The molecule has 376 valence electrons. The molecule has 0 unspecified atom stereocenters. The van der Waals surface area contributed by atoms with Crippen LogP contribution >= 0.6 is 0 Å². The van der Waals surface area contributed by atoms with E-state index in [4.69, 9.17) is 18.6 Å². The van der Waals surface area contributed by atoms with Gasteiger partial charge in [-0.15, -0.1) is 5.10 Å². The Bertz CT molecular complexity index is 3860. The van der Waals surface area contributed by atoms with E-state index in [0.29, 0.717) is 6.42 Å². The summed E-state index contributed by atoms with van der Waals surface area (Å²) in [5.74, 6) is -6.32. The maximum absolute atomic E-state index is 13.8. The molecular formula is C39H29N5Na4O23S4. The van der Waals surface area contributed by atoms with Crippen molar-refractivity contribution in [2.75, 3.05) is 7.11 Å². The number of fused-ring (bicyclic) bond motifs is 2. The van der Waals surface area contributed by atoms with E-state index < -0.39 is 122 Å². The zero-order valence-electron chi connectivity index (χ0n) is 39.8. The molecular weight excluding hydrogens is 1130 g/mol. The number of hydrogen-bond acceptors (Lipinski definition) is 26. The molecule has 0 aliphatic carbocycles. The van der Waals surface area contributed by atoms with Crippen LogP contribution in [-0.2, 0) is 66.1 Å². The number of aryl methyl sites for hydroxylation is 1. The number of esters is 1. The molecule has 3 heterocycles. The number of ether oxygens (including phenoxy) is 3. The normalized spacial score (nSPS) is 11.5. The van der Waals surface area contributed by atoms with Gasteiger partial charge in [-0.25, -0.2) is 38.7 Å². The second kappa shape index (κ2) is 26.8. The molecule has 0 radical (unpaired) electrons. The Hall–Kier alpha value is -3.72. The van der Waals surface area contributed by atoms with Gasteiger partial charge in [0, 0.05) is 49.3 Å². The molecule has 36 heteroatoms. The third-order valence-corrected chi connectivity index (χ3v) is 10.9. The number of unbranched alkanes of at least 4 members (excludes halogenated alkanes) is 1. The van der Waals surface area contributed by atoms with Crippen LogP contribution in [0.4, 0.5) is 0 Å². The van der Waals surface area contributed by atoms with Gasteiger partial charge < -0.3 is 53.6 Å². The van der Waals surface area contributed by atoms with Crippen molar-refractivity contribution >= 4 is 69.4 Å². The van der Waals surface area contributed by atoms with Gasteiger partial charge in [-0.3, -0.25) is 23.6 Å². The van der Waals surface area contributed by atoms with Gasteiger partial charge >= 0.3 is 124 Å². The Morgan fingerprint density at radius 3 is 1.92 bits per heavy atom. The van der Waals surface area contributed by atoms with E-state index in [1.165, 1.54) is 27.6 Å². The zero-order valence-corrected chi connectivity index (χ0v) is 51.1. The molecule has 0 saturated heterocycles. The second-order valence-corrected chi connectivity index (χ2v) is 18.3. The molecule has 3 aromatic heterocycles. The maximum Gasteiger partial charge on any atom is 1.00 e. The summed E-state index contributed by atoms with van der Waals surface area (Å²) in [6, 6.07) is 13.8. The summed E-state index contributed by atoms with van der Waals surface area (Å²) < 4.78 is 181. The van der Waals surface area contributed by atoms with Crippen molar-refractivity contribution < 1.29 is 210 Å². The molecule has 0 N–H and O–H groups in total. The molecule has 0 atom stereocenters. The monoisotopic (exact) mass is 1150 g/mol. The summed E-state index contributed by atoms with van der Waals surface area (Å²) in [4.78, 5) is 43.9. The summed E-state index contributed by atoms with van der Waals surface area (Å²) in [5.41, 5.74) is -2.54. The topological polar surface area (TPSA) is 406 Å². The number of benzene rings is 4. The van der Waals surface area contributed by atoms with E-state index in [-0.39, 0.29) is 171 Å². The van der Waals surface area contributed by atoms with Gasteiger partial charge in [0.2, 0.25) is 11.2 Å². The predicted octanol–water partition coefficient (Wildman–Crippen LogP) is -10.2. The average Bonchev–Trinajstić information content (AvgIpc) is 3.71. The molecule has 0 bridgehead atoms. The van der Waals surface area contributed by atoms with E-state index in [2.05, 4.69) is 32.0 Å². The number of nitrogens with zero attached hydrogens (tertiary/aromatic N) is 5. The van der Waals surface area contributed by atoms with E-state index in [9.17, 15) is 66.3 Å². The first-order valence-corrected chi connectivity index (χ1v) is 24.9. The van der Waals surface area contributed by atoms with E-state index >= 15 is 0 Å². The van der Waals surface area contributed by atoms with Crippen LogP contribution in [0.25, 0.3) is 44.6 Å². The van der Waals surface area contributed by atoms with Crippen LogP contribution in [-0.4, -0.2) is 89.5 Å². The second-order valence-electron chi connectivity index (χ2n) is 14.4. The van der Waals surface area contributed by atoms with Crippen LogP contribution in [0, 0.1) is 0 Å². The number of para-hydroxylation sites is 1. The van der Waals surface area contributed by atoms with E-state index in [1.54, 1.807) is 18.2 Å². The fraction of sp³-hybridized carbons (Fsp3) is 0.179. The van der Waals surface area contributed by atoms with E-state index in [1.807, 2.05) is 0 Å². The Morgan fingerprint density at radius 2 is 1.29 bits per heavy atom. The standard InChI is InChI=1S/C39H33N5O23S4.4Na/c1-21(45)62-25-13-23(14-26(16-25)64-68(48,49)50)38-40-29-8-4-3-7-28(29)39(47)44(38)12-6-5-11-43-19-24(41-42-43)20-61-31-15-22(9-10-30(31)66-70(54,55)56)36-37(67-71(57,58)59)35(46)34-32(60-2)17-27(18-33(34)63-36)65-69(51,52)53;;;;/h3-4,7-10,13-19H,5-6,11-12,20H2,1-2H3,(H,48,49,50)(H,51,52,53)(H,54,55,56)(H,57,58,59);;;;/q;4*+1/p-4. The molecule has 0 amide bonds. The molecule has 0 aliphatic rings. The van der Waals surface area contributed by atoms with Crippen LogP contribution in [0.2, 0.25) is 0 Å². The molecule has 4 aromatic carbocycles. The number of rotatable bonds is 20. The van der Waals surface area contributed by atoms with Gasteiger partial charge in [-0.2, -0.15) is 0 Å². The first kappa shape index (κ1) is 65.6. The molecule has 75 heavy (non-hydrogen) atoms. The SMILES string of the molecule is COc1cc(OS(=O)(=O)[O-])cc2oc(-c3ccc(OS(=O)(=O)[O-])c(OCc4cn(CCCCn5c(-c6cc(OC(C)=O)cc(OS(=O)(=O)[O-])c6)nc6ccccc6c5=O)nn4)c3)c(OS(=O)(=O)[O-])c(=O)c12.[Na+].[Na+].[Na+].[Na+]. The largest absolute Gasteiger partial charge is 1.00 e. The molecule has 0 spiro atoms. The molecule has 0 saturated carbocycles. The Balaban J connectivity index is 0.00000371. The van der Waals surface area contributed by atoms with Gasteiger partial charge in [0.15, 0.2) is 17.3 Å². The van der Waals surface area contributed by atoms with Gasteiger partial charge in [-0.05, 0) is 55.3 Å². The first-order valence-electron chi connectivity index (χ1n) is 19.5. The fourth-order valence-corrected chi connectivity index (χ4v) is 8.15. The van der Waals surface area contributed by atoms with E-state index in [0.717, 1.165) is 56.5 Å². The molecule has 7 aromatic rings. The molecule has 0 fully saturated rings. The molecule has 0 aliphatic heterocycles. The fourth-order valence-electron chi connectivity index (χ4n) is 6.78. The maximum atomic E-state index is 13.8. The summed E-state index contributed by atoms with van der Waals surface area (Å²) in [6.07, 6.45) is 1.96. The van der Waals surface area contributed by atoms with Crippen molar-refractivity contribution in [2.45, 2.75) is 39.5 Å². The third-order valence-electron chi connectivity index (χ3n) is 9.33. The van der Waals surface area contributed by atoms with Crippen LogP contribution in [0.3, 0.4) is 0 Å². The predicted molar refractivity (Wildman–Crippen MR) is 232 cm³/mol. The van der Waals surface area contributed by atoms with Crippen LogP contribution in [0.5, 0.6) is 40.2 Å². The Morgan fingerprint density at radius 1 is 0.680 bits per heavy atom. The van der Waals surface area contributed by atoms with Crippen molar-refractivity contribution in [1.82, 2.24) is 24.5 Å². The summed E-state index contributed by atoms with van der Waals surface area (Å²) in [6.45, 7) is 0.686. The number of carbonyl (C=O) groups excluding carboxylic acids is 1. The Labute approximate surface area is 512 Å². The van der Waals surface area contributed by atoms with Crippen LogP contribution in [0.1, 0.15) is 25.5 Å². The van der Waals surface area contributed by atoms with Crippen LogP contribution in [0.15, 0.2) is 93.0 Å². The minimum Gasteiger partial charge on any atom is -0.716 e. The number of aromatic nitrogens is 5. The van der Waals surface area contributed by atoms with Crippen molar-refractivity contribution in [3.63, 3.8) is 0 Å². The Kier molecular flexibility index (Phi) is 23.4. The number of hydrogen-bond donors (Lipinski definition) is 0. The average molecular weight is 1160 g/mol. The third kappa shape index (κ3) is 17.9.